The van der Waals surface area contributed by atoms with Gasteiger partial charge in [-0.25, -0.2) is 0 Å². The van der Waals surface area contributed by atoms with Gasteiger partial charge in [-0.2, -0.15) is 0 Å². The van der Waals surface area contributed by atoms with Gasteiger partial charge in [-0.3, -0.25) is 9.59 Å². The molecular formula is C20H24N2O3. The molecule has 1 fully saturated rings. The summed E-state index contributed by atoms with van der Waals surface area (Å²) in [7, 11) is 3.37. The number of rotatable bonds is 6. The standard InChI is InChI=1S/C20H24N2O3/c1-14-11-17(14)18-10-9-16(25-18)12-21(2)19(23)13-22(3)20(24)15-7-5-4-6-8-15/h4-10,14,17H,11-13H2,1-3H3/t14-,17-/m1/s1. The second-order valence-electron chi connectivity index (χ2n) is 6.90. The summed E-state index contributed by atoms with van der Waals surface area (Å²) in [5.74, 6) is 2.73. The van der Waals surface area contributed by atoms with Crippen molar-refractivity contribution in [3.8, 4) is 0 Å². The van der Waals surface area contributed by atoms with Crippen LogP contribution in [-0.4, -0.2) is 42.3 Å². The number of carbonyl (C=O) groups is 2. The summed E-state index contributed by atoms with van der Waals surface area (Å²) in [6.07, 6.45) is 1.17. The van der Waals surface area contributed by atoms with Crippen LogP contribution < -0.4 is 0 Å². The summed E-state index contributed by atoms with van der Waals surface area (Å²) in [6, 6.07) is 12.9. The maximum Gasteiger partial charge on any atom is 0.254 e. The Labute approximate surface area is 148 Å². The highest BCUT2D eigenvalue weighted by atomic mass is 16.3. The van der Waals surface area contributed by atoms with Crippen molar-refractivity contribution in [2.45, 2.75) is 25.8 Å². The number of hydrogen-bond acceptors (Lipinski definition) is 3. The van der Waals surface area contributed by atoms with Crippen LogP contribution in [0, 0.1) is 5.92 Å². The van der Waals surface area contributed by atoms with Crippen LogP contribution in [0.15, 0.2) is 46.9 Å². The van der Waals surface area contributed by atoms with Gasteiger partial charge in [-0.1, -0.05) is 25.1 Å². The molecular weight excluding hydrogens is 316 g/mol. The Balaban J connectivity index is 1.53. The van der Waals surface area contributed by atoms with Gasteiger partial charge in [0, 0.05) is 25.6 Å². The van der Waals surface area contributed by atoms with Crippen LogP contribution in [0.4, 0.5) is 0 Å². The first kappa shape index (κ1) is 17.3. The maximum absolute atomic E-state index is 12.4. The molecule has 2 amide bonds. The number of hydrogen-bond donors (Lipinski definition) is 0. The van der Waals surface area contributed by atoms with Gasteiger partial charge in [-0.15, -0.1) is 0 Å². The van der Waals surface area contributed by atoms with Gasteiger partial charge in [0.25, 0.3) is 5.91 Å². The molecule has 1 aliphatic carbocycles. The lowest BCUT2D eigenvalue weighted by Gasteiger charge is -2.21. The Bertz CT molecular complexity index is 753. The number of carbonyl (C=O) groups excluding carboxylic acids is 2. The van der Waals surface area contributed by atoms with Crippen molar-refractivity contribution in [3.05, 3.63) is 59.5 Å². The molecule has 0 aliphatic heterocycles. The molecule has 0 unspecified atom stereocenters. The minimum Gasteiger partial charge on any atom is -0.464 e. The fraction of sp³-hybridized carbons (Fsp3) is 0.400. The molecule has 1 aromatic carbocycles. The van der Waals surface area contributed by atoms with Crippen molar-refractivity contribution >= 4 is 11.8 Å². The van der Waals surface area contributed by atoms with E-state index in [9.17, 15) is 9.59 Å². The molecule has 25 heavy (non-hydrogen) atoms. The summed E-state index contributed by atoms with van der Waals surface area (Å²) >= 11 is 0. The largest absolute Gasteiger partial charge is 0.464 e. The first-order valence-corrected chi connectivity index (χ1v) is 8.58. The quantitative estimate of drug-likeness (QED) is 0.812. The zero-order valence-corrected chi connectivity index (χ0v) is 14.9. The SMILES string of the molecule is C[C@@H]1C[C@H]1c1ccc(CN(C)C(=O)CN(C)C(=O)c2ccccc2)o1. The van der Waals surface area contributed by atoms with Crippen LogP contribution in [0.2, 0.25) is 0 Å². The molecule has 2 aromatic rings. The van der Waals surface area contributed by atoms with E-state index >= 15 is 0 Å². The van der Waals surface area contributed by atoms with Gasteiger partial charge in [0.05, 0.1) is 13.1 Å². The Morgan fingerprint density at radius 1 is 1.08 bits per heavy atom. The van der Waals surface area contributed by atoms with Crippen LogP contribution in [0.25, 0.3) is 0 Å². The first-order chi connectivity index (χ1) is 12.0. The minimum atomic E-state index is -0.162. The number of nitrogens with zero attached hydrogens (tertiary/aromatic N) is 2. The summed E-state index contributed by atoms with van der Waals surface area (Å²) < 4.78 is 5.85. The van der Waals surface area contributed by atoms with E-state index in [1.165, 1.54) is 11.3 Å². The third-order valence-corrected chi connectivity index (χ3v) is 4.72. The molecule has 5 heteroatoms. The Kier molecular flexibility index (Phi) is 4.93. The summed E-state index contributed by atoms with van der Waals surface area (Å²) in [5.41, 5.74) is 0.578. The molecule has 2 atom stereocenters. The average Bonchev–Trinajstić information content (AvgIpc) is 3.16. The van der Waals surface area contributed by atoms with E-state index in [0.717, 1.165) is 11.5 Å². The lowest BCUT2D eigenvalue weighted by molar-refractivity contribution is -0.131. The van der Waals surface area contributed by atoms with Crippen molar-refractivity contribution in [2.75, 3.05) is 20.6 Å². The van der Waals surface area contributed by atoms with Crippen molar-refractivity contribution in [1.82, 2.24) is 9.80 Å². The highest BCUT2D eigenvalue weighted by molar-refractivity contribution is 5.96. The van der Waals surface area contributed by atoms with Crippen molar-refractivity contribution in [3.63, 3.8) is 0 Å². The summed E-state index contributed by atoms with van der Waals surface area (Å²) in [6.45, 7) is 2.66. The average molecular weight is 340 g/mol. The van der Waals surface area contributed by atoms with Gasteiger partial charge in [0.2, 0.25) is 5.91 Å². The van der Waals surface area contributed by atoms with Crippen LogP contribution >= 0.6 is 0 Å². The van der Waals surface area contributed by atoms with Gasteiger partial charge in [0.15, 0.2) is 0 Å². The fourth-order valence-corrected chi connectivity index (χ4v) is 2.92. The van der Waals surface area contributed by atoms with Crippen molar-refractivity contribution < 1.29 is 14.0 Å². The van der Waals surface area contributed by atoms with Crippen LogP contribution in [0.5, 0.6) is 0 Å². The molecule has 1 aromatic heterocycles. The first-order valence-electron chi connectivity index (χ1n) is 8.58. The Morgan fingerprint density at radius 3 is 2.40 bits per heavy atom. The van der Waals surface area contributed by atoms with Gasteiger partial charge >= 0.3 is 0 Å². The smallest absolute Gasteiger partial charge is 0.254 e. The maximum atomic E-state index is 12.4. The molecule has 132 valence electrons. The second kappa shape index (κ2) is 7.13. The molecule has 5 nitrogen and oxygen atoms in total. The van der Waals surface area contributed by atoms with E-state index in [4.69, 9.17) is 4.42 Å². The molecule has 3 rings (SSSR count). The molecule has 0 saturated heterocycles. The normalized spacial score (nSPS) is 18.7. The number of likely N-dealkylation sites (N-methyl/N-ethyl adjacent to an activating group) is 2. The highest BCUT2D eigenvalue weighted by Crippen LogP contribution is 2.47. The monoisotopic (exact) mass is 340 g/mol. The van der Waals surface area contributed by atoms with Crippen LogP contribution in [0.1, 0.15) is 41.1 Å². The third-order valence-electron chi connectivity index (χ3n) is 4.72. The van der Waals surface area contributed by atoms with E-state index in [1.807, 2.05) is 30.3 Å². The second-order valence-corrected chi connectivity index (χ2v) is 6.90. The minimum absolute atomic E-state index is 0.0391. The van der Waals surface area contributed by atoms with E-state index in [1.54, 1.807) is 31.1 Å². The lowest BCUT2D eigenvalue weighted by atomic mass is 10.2. The van der Waals surface area contributed by atoms with E-state index < -0.39 is 0 Å². The molecule has 1 heterocycles. The Morgan fingerprint density at radius 2 is 1.76 bits per heavy atom. The van der Waals surface area contributed by atoms with E-state index in [2.05, 4.69) is 6.92 Å². The predicted molar refractivity (Wildman–Crippen MR) is 95.1 cm³/mol. The molecule has 0 bridgehead atoms. The number of furan rings is 1. The number of benzene rings is 1. The van der Waals surface area contributed by atoms with Crippen molar-refractivity contribution in [2.24, 2.45) is 5.92 Å². The number of amides is 2. The van der Waals surface area contributed by atoms with Gasteiger partial charge in [0.1, 0.15) is 11.5 Å². The molecule has 1 aliphatic rings. The highest BCUT2D eigenvalue weighted by Gasteiger charge is 2.36. The van der Waals surface area contributed by atoms with Crippen molar-refractivity contribution in [1.29, 1.82) is 0 Å². The fourth-order valence-electron chi connectivity index (χ4n) is 2.92. The van der Waals surface area contributed by atoms with Gasteiger partial charge < -0.3 is 14.2 Å². The third kappa shape index (κ3) is 4.10. The molecule has 1 saturated carbocycles. The summed E-state index contributed by atoms with van der Waals surface area (Å²) in [5, 5.41) is 0. The lowest BCUT2D eigenvalue weighted by Crippen LogP contribution is -2.39. The summed E-state index contributed by atoms with van der Waals surface area (Å²) in [4.78, 5) is 27.7. The molecule has 0 N–H and O–H groups in total. The predicted octanol–water partition coefficient (Wildman–Crippen LogP) is 3.13. The van der Waals surface area contributed by atoms with E-state index in [-0.39, 0.29) is 18.4 Å². The topological polar surface area (TPSA) is 53.8 Å². The molecule has 0 radical (unpaired) electrons. The van der Waals surface area contributed by atoms with Crippen LogP contribution in [0.3, 0.4) is 0 Å². The molecule has 0 spiro atoms. The zero-order chi connectivity index (χ0) is 18.0. The van der Waals surface area contributed by atoms with Crippen LogP contribution in [-0.2, 0) is 11.3 Å². The van der Waals surface area contributed by atoms with Gasteiger partial charge in [-0.05, 0) is 36.6 Å². The van der Waals surface area contributed by atoms with E-state index in [0.29, 0.717) is 23.9 Å². The zero-order valence-electron chi connectivity index (χ0n) is 14.9. The Hall–Kier alpha value is -2.56.